The first kappa shape index (κ1) is 9.97. The van der Waals surface area contributed by atoms with Crippen molar-refractivity contribution in [2.24, 2.45) is 0 Å². The summed E-state index contributed by atoms with van der Waals surface area (Å²) in [5, 5.41) is 10.7. The summed E-state index contributed by atoms with van der Waals surface area (Å²) >= 11 is 5.30. The summed E-state index contributed by atoms with van der Waals surface area (Å²) in [6.45, 7) is 3.41. The molecule has 0 bridgehead atoms. The van der Waals surface area contributed by atoms with Gasteiger partial charge in [0.2, 0.25) is 5.91 Å². The molecule has 0 aliphatic carbocycles. The highest BCUT2D eigenvalue weighted by Crippen LogP contribution is 1.92. The number of aliphatic carboxylic acids is 1. The molecule has 0 spiro atoms. The summed E-state index contributed by atoms with van der Waals surface area (Å²) in [6, 6.07) is 0. The van der Waals surface area contributed by atoms with E-state index in [-0.39, 0.29) is 11.6 Å². The smallest absolute Gasteiger partial charge is 0.312 e. The van der Waals surface area contributed by atoms with Crippen molar-refractivity contribution in [2.45, 2.75) is 6.42 Å². The first-order valence-electron chi connectivity index (χ1n) is 2.84. The second kappa shape index (κ2) is 4.73. The molecule has 0 saturated carbocycles. The number of hydrogen-bond donors (Lipinski definition) is 2. The third-order valence-electron chi connectivity index (χ3n) is 0.789. The maximum absolute atomic E-state index is 10.6. The van der Waals surface area contributed by atoms with Crippen LogP contribution in [0, 0.1) is 0 Å². The van der Waals surface area contributed by atoms with Gasteiger partial charge >= 0.3 is 5.97 Å². The van der Waals surface area contributed by atoms with Gasteiger partial charge in [0.15, 0.2) is 0 Å². The minimum atomic E-state index is -1.16. The summed E-state index contributed by atoms with van der Waals surface area (Å²) < 4.78 is 0. The number of halogens is 1. The Morgan fingerprint density at radius 1 is 1.55 bits per heavy atom. The lowest BCUT2D eigenvalue weighted by molar-refractivity contribution is -0.140. The molecule has 0 atom stereocenters. The molecule has 0 aromatic carbocycles. The van der Waals surface area contributed by atoms with Crippen LogP contribution in [-0.4, -0.2) is 23.5 Å². The summed E-state index contributed by atoms with van der Waals surface area (Å²) in [7, 11) is 0. The summed E-state index contributed by atoms with van der Waals surface area (Å²) in [5.41, 5.74) is 0. The Balaban J connectivity index is 3.53. The average molecular weight is 178 g/mol. The summed E-state index contributed by atoms with van der Waals surface area (Å²) in [6.07, 6.45) is -0.538. The molecule has 0 radical (unpaired) electrons. The van der Waals surface area contributed by atoms with Crippen LogP contribution in [0.4, 0.5) is 0 Å². The SMILES string of the molecule is C=C(Cl)CNC(=O)CC(=O)O. The van der Waals surface area contributed by atoms with Crippen molar-refractivity contribution in [1.29, 1.82) is 0 Å². The van der Waals surface area contributed by atoms with Gasteiger partial charge in [-0.05, 0) is 0 Å². The van der Waals surface area contributed by atoms with Gasteiger partial charge in [-0.2, -0.15) is 0 Å². The van der Waals surface area contributed by atoms with E-state index in [0.29, 0.717) is 0 Å². The highest BCUT2D eigenvalue weighted by atomic mass is 35.5. The van der Waals surface area contributed by atoms with E-state index < -0.39 is 18.3 Å². The zero-order chi connectivity index (χ0) is 8.85. The fraction of sp³-hybridized carbons (Fsp3) is 0.333. The van der Waals surface area contributed by atoms with Crippen LogP contribution in [0.15, 0.2) is 11.6 Å². The van der Waals surface area contributed by atoms with E-state index in [1.807, 2.05) is 0 Å². The molecule has 0 aliphatic rings. The lowest BCUT2D eigenvalue weighted by Gasteiger charge is -1.99. The van der Waals surface area contributed by atoms with Crippen molar-refractivity contribution in [3.05, 3.63) is 11.6 Å². The largest absolute Gasteiger partial charge is 0.481 e. The Morgan fingerprint density at radius 2 is 2.09 bits per heavy atom. The fourth-order valence-corrected chi connectivity index (χ4v) is 0.461. The number of nitrogens with one attached hydrogen (secondary N) is 1. The molecule has 5 heteroatoms. The molecular formula is C6H8ClNO3. The predicted molar refractivity (Wildman–Crippen MR) is 40.3 cm³/mol. The van der Waals surface area contributed by atoms with Gasteiger partial charge in [0, 0.05) is 5.03 Å². The molecule has 62 valence electrons. The third kappa shape index (κ3) is 6.86. The Morgan fingerprint density at radius 3 is 2.45 bits per heavy atom. The normalized spacial score (nSPS) is 8.82. The molecule has 0 heterocycles. The zero-order valence-corrected chi connectivity index (χ0v) is 6.52. The maximum atomic E-state index is 10.6. The highest BCUT2D eigenvalue weighted by Gasteiger charge is 2.05. The second-order valence-corrected chi connectivity index (χ2v) is 2.40. The Kier molecular flexibility index (Phi) is 4.29. The van der Waals surface area contributed by atoms with Crippen molar-refractivity contribution in [3.8, 4) is 0 Å². The van der Waals surface area contributed by atoms with Crippen LogP contribution >= 0.6 is 11.6 Å². The maximum Gasteiger partial charge on any atom is 0.312 e. The van der Waals surface area contributed by atoms with Crippen LogP contribution in [0.5, 0.6) is 0 Å². The summed E-state index contributed by atoms with van der Waals surface area (Å²) in [4.78, 5) is 20.5. The number of carbonyl (C=O) groups is 2. The van der Waals surface area contributed by atoms with E-state index >= 15 is 0 Å². The quantitative estimate of drug-likeness (QED) is 0.609. The first-order valence-corrected chi connectivity index (χ1v) is 3.22. The van der Waals surface area contributed by atoms with Gasteiger partial charge < -0.3 is 10.4 Å². The Labute approximate surface area is 68.8 Å². The number of amides is 1. The Hall–Kier alpha value is -1.03. The summed E-state index contributed by atoms with van der Waals surface area (Å²) in [5.74, 6) is -1.73. The van der Waals surface area contributed by atoms with E-state index in [1.165, 1.54) is 0 Å². The van der Waals surface area contributed by atoms with Gasteiger partial charge in [0.25, 0.3) is 0 Å². The fourth-order valence-electron chi connectivity index (χ4n) is 0.394. The number of hydrogen-bond acceptors (Lipinski definition) is 2. The molecule has 11 heavy (non-hydrogen) atoms. The molecule has 0 unspecified atom stereocenters. The van der Waals surface area contributed by atoms with Crippen LogP contribution in [0.25, 0.3) is 0 Å². The third-order valence-corrected chi connectivity index (χ3v) is 0.923. The predicted octanol–water partition coefficient (Wildman–Crippen LogP) is 0.330. The van der Waals surface area contributed by atoms with Gasteiger partial charge in [0.1, 0.15) is 6.42 Å². The monoisotopic (exact) mass is 177 g/mol. The van der Waals surface area contributed by atoms with Crippen LogP contribution in [0.3, 0.4) is 0 Å². The average Bonchev–Trinajstić information content (AvgIpc) is 1.82. The topological polar surface area (TPSA) is 66.4 Å². The molecule has 0 aliphatic heterocycles. The van der Waals surface area contributed by atoms with Crippen molar-refractivity contribution in [2.75, 3.05) is 6.54 Å². The molecule has 0 fully saturated rings. The molecule has 4 nitrogen and oxygen atoms in total. The number of carboxylic acids is 1. The first-order chi connectivity index (χ1) is 5.02. The van der Waals surface area contributed by atoms with E-state index in [1.54, 1.807) is 0 Å². The van der Waals surface area contributed by atoms with Gasteiger partial charge in [-0.25, -0.2) is 0 Å². The number of carbonyl (C=O) groups excluding carboxylic acids is 1. The second-order valence-electron chi connectivity index (χ2n) is 1.86. The van der Waals surface area contributed by atoms with Gasteiger partial charge in [-0.3, -0.25) is 9.59 Å². The van der Waals surface area contributed by atoms with Crippen molar-refractivity contribution in [1.82, 2.24) is 5.32 Å². The standard InChI is InChI=1S/C6H8ClNO3/c1-4(7)3-8-5(9)2-6(10)11/h1-3H2,(H,8,9)(H,10,11). The highest BCUT2D eigenvalue weighted by molar-refractivity contribution is 6.29. The molecule has 0 saturated heterocycles. The van der Waals surface area contributed by atoms with E-state index in [2.05, 4.69) is 11.9 Å². The van der Waals surface area contributed by atoms with Crippen LogP contribution in [0.1, 0.15) is 6.42 Å². The van der Waals surface area contributed by atoms with Crippen LogP contribution in [-0.2, 0) is 9.59 Å². The minimum Gasteiger partial charge on any atom is -0.481 e. The van der Waals surface area contributed by atoms with Gasteiger partial charge in [-0.1, -0.05) is 18.2 Å². The minimum absolute atomic E-state index is 0.105. The van der Waals surface area contributed by atoms with Crippen molar-refractivity contribution >= 4 is 23.5 Å². The zero-order valence-electron chi connectivity index (χ0n) is 5.76. The molecule has 0 aromatic heterocycles. The van der Waals surface area contributed by atoms with E-state index in [0.717, 1.165) is 0 Å². The van der Waals surface area contributed by atoms with Crippen LogP contribution < -0.4 is 5.32 Å². The van der Waals surface area contributed by atoms with Crippen LogP contribution in [0.2, 0.25) is 0 Å². The lowest BCUT2D eigenvalue weighted by atomic mass is 10.4. The number of carboxylic acid groups (broad SMARTS) is 1. The molecule has 0 rings (SSSR count). The number of rotatable bonds is 4. The molecular weight excluding hydrogens is 170 g/mol. The van der Waals surface area contributed by atoms with Gasteiger partial charge in [-0.15, -0.1) is 0 Å². The molecule has 0 aromatic rings. The molecule has 1 amide bonds. The van der Waals surface area contributed by atoms with E-state index in [4.69, 9.17) is 16.7 Å². The Bertz CT molecular complexity index is 190. The van der Waals surface area contributed by atoms with Crippen molar-refractivity contribution in [3.63, 3.8) is 0 Å². The van der Waals surface area contributed by atoms with Gasteiger partial charge in [0.05, 0.1) is 6.54 Å². The van der Waals surface area contributed by atoms with E-state index in [9.17, 15) is 9.59 Å². The lowest BCUT2D eigenvalue weighted by Crippen LogP contribution is -2.26. The van der Waals surface area contributed by atoms with Crippen molar-refractivity contribution < 1.29 is 14.7 Å². The molecule has 2 N–H and O–H groups in total.